The van der Waals surface area contributed by atoms with E-state index in [9.17, 15) is 0 Å². The van der Waals surface area contributed by atoms with Crippen LogP contribution in [0.3, 0.4) is 0 Å². The first kappa shape index (κ1) is 14.4. The molecule has 0 radical (unpaired) electrons. The molecular formula is C14H19N3O3. The molecule has 1 aromatic carbocycles. The van der Waals surface area contributed by atoms with Crippen molar-refractivity contribution in [3.8, 4) is 0 Å². The Bertz CT molecular complexity index is 592. The van der Waals surface area contributed by atoms with Crippen LogP contribution >= 0.6 is 0 Å². The third kappa shape index (κ3) is 3.28. The van der Waals surface area contributed by atoms with Crippen LogP contribution in [0.4, 0.5) is 0 Å². The van der Waals surface area contributed by atoms with E-state index in [-0.39, 0.29) is 5.84 Å². The Kier molecular flexibility index (Phi) is 4.97. The molecule has 0 fully saturated rings. The molecular weight excluding hydrogens is 258 g/mol. The Morgan fingerprint density at radius 1 is 1.30 bits per heavy atom. The molecule has 0 saturated heterocycles. The van der Waals surface area contributed by atoms with Crippen LogP contribution in [0.2, 0.25) is 0 Å². The molecule has 108 valence electrons. The van der Waals surface area contributed by atoms with Crippen LogP contribution in [-0.4, -0.2) is 42.5 Å². The zero-order valence-electron chi connectivity index (χ0n) is 11.5. The average Bonchev–Trinajstić information content (AvgIpc) is 2.88. The van der Waals surface area contributed by atoms with E-state index in [4.69, 9.17) is 20.4 Å². The number of rotatable bonds is 7. The van der Waals surface area contributed by atoms with Gasteiger partial charge in [-0.2, -0.15) is 0 Å². The normalized spacial score (nSPS) is 12.2. The third-order valence-electron chi connectivity index (χ3n) is 3.09. The monoisotopic (exact) mass is 277 g/mol. The molecule has 20 heavy (non-hydrogen) atoms. The second-order valence-electron chi connectivity index (χ2n) is 4.37. The molecule has 3 N–H and O–H groups in total. The smallest absolute Gasteiger partial charge is 0.170 e. The van der Waals surface area contributed by atoms with Gasteiger partial charge in [-0.05, 0) is 17.5 Å². The molecule has 0 unspecified atom stereocenters. The summed E-state index contributed by atoms with van der Waals surface area (Å²) in [6.45, 7) is 2.54. The van der Waals surface area contributed by atoms with E-state index in [0.717, 1.165) is 17.4 Å². The minimum Gasteiger partial charge on any atom is -0.409 e. The average molecular weight is 277 g/mol. The first-order valence-corrected chi connectivity index (χ1v) is 6.39. The first-order valence-electron chi connectivity index (χ1n) is 6.39. The van der Waals surface area contributed by atoms with Crippen LogP contribution in [0.5, 0.6) is 0 Å². The molecule has 0 spiro atoms. The lowest BCUT2D eigenvalue weighted by Gasteiger charge is -2.07. The number of ether oxygens (including phenoxy) is 2. The van der Waals surface area contributed by atoms with Gasteiger partial charge in [0, 0.05) is 30.9 Å². The highest BCUT2D eigenvalue weighted by molar-refractivity contribution is 6.00. The van der Waals surface area contributed by atoms with E-state index in [1.54, 1.807) is 7.11 Å². The van der Waals surface area contributed by atoms with Gasteiger partial charge in [0.05, 0.1) is 19.8 Å². The molecule has 0 bridgehead atoms. The van der Waals surface area contributed by atoms with Crippen LogP contribution in [0.15, 0.2) is 35.6 Å². The topological polar surface area (TPSA) is 82.0 Å². The number of aromatic nitrogens is 1. The van der Waals surface area contributed by atoms with Gasteiger partial charge in [0.15, 0.2) is 5.84 Å². The molecule has 1 aromatic heterocycles. The fourth-order valence-electron chi connectivity index (χ4n) is 2.00. The molecule has 0 aliphatic rings. The van der Waals surface area contributed by atoms with Crippen LogP contribution in [0, 0.1) is 0 Å². The number of hydrogen-bond acceptors (Lipinski definition) is 4. The van der Waals surface area contributed by atoms with E-state index in [2.05, 4.69) is 9.72 Å². The summed E-state index contributed by atoms with van der Waals surface area (Å²) in [5.41, 5.74) is 7.34. The number of oxime groups is 1. The number of nitrogens with zero attached hydrogens (tertiary/aromatic N) is 2. The lowest BCUT2D eigenvalue weighted by Crippen LogP contribution is -2.13. The molecule has 0 atom stereocenters. The Balaban J connectivity index is 2.09. The maximum absolute atomic E-state index is 8.73. The largest absolute Gasteiger partial charge is 0.409 e. The lowest BCUT2D eigenvalue weighted by atomic mass is 10.1. The maximum Gasteiger partial charge on any atom is 0.170 e. The Labute approximate surface area is 117 Å². The molecule has 2 rings (SSSR count). The molecule has 0 aliphatic heterocycles. The molecule has 6 heteroatoms. The lowest BCUT2D eigenvalue weighted by molar-refractivity contribution is 0.0670. The van der Waals surface area contributed by atoms with Crippen molar-refractivity contribution in [2.24, 2.45) is 10.9 Å². The highest BCUT2D eigenvalue weighted by atomic mass is 16.5. The van der Waals surface area contributed by atoms with E-state index < -0.39 is 0 Å². The fourth-order valence-corrected chi connectivity index (χ4v) is 2.00. The van der Waals surface area contributed by atoms with Crippen molar-refractivity contribution in [2.75, 3.05) is 26.9 Å². The van der Waals surface area contributed by atoms with Crippen molar-refractivity contribution in [3.63, 3.8) is 0 Å². The van der Waals surface area contributed by atoms with Gasteiger partial charge in [-0.25, -0.2) is 0 Å². The number of fused-ring (bicyclic) bond motifs is 1. The summed E-state index contributed by atoms with van der Waals surface area (Å²) in [6.07, 6.45) is 2.00. The maximum atomic E-state index is 8.73. The van der Waals surface area contributed by atoms with Crippen LogP contribution in [-0.2, 0) is 16.0 Å². The summed E-state index contributed by atoms with van der Waals surface area (Å²) in [6, 6.07) is 7.71. The molecule has 6 nitrogen and oxygen atoms in total. The SMILES string of the molecule is COCCOCCn1ccc2ccc(/C(N)=N/O)cc21. The van der Waals surface area contributed by atoms with Crippen molar-refractivity contribution in [1.29, 1.82) is 0 Å². The van der Waals surface area contributed by atoms with Crippen LogP contribution in [0.25, 0.3) is 10.9 Å². The molecule has 0 saturated carbocycles. The van der Waals surface area contributed by atoms with Gasteiger partial charge in [-0.3, -0.25) is 0 Å². The van der Waals surface area contributed by atoms with E-state index in [0.29, 0.717) is 25.4 Å². The van der Waals surface area contributed by atoms with Gasteiger partial charge >= 0.3 is 0 Å². The number of benzene rings is 1. The van der Waals surface area contributed by atoms with Crippen LogP contribution < -0.4 is 5.73 Å². The summed E-state index contributed by atoms with van der Waals surface area (Å²) < 4.78 is 12.5. The Morgan fingerprint density at radius 3 is 2.90 bits per heavy atom. The van der Waals surface area contributed by atoms with Gasteiger partial charge in [-0.1, -0.05) is 17.3 Å². The molecule has 0 amide bonds. The number of methoxy groups -OCH3 is 1. The van der Waals surface area contributed by atoms with Crippen molar-refractivity contribution in [3.05, 3.63) is 36.0 Å². The molecule has 2 aromatic rings. The van der Waals surface area contributed by atoms with E-state index >= 15 is 0 Å². The molecule has 0 aliphatic carbocycles. The summed E-state index contributed by atoms with van der Waals surface area (Å²) in [4.78, 5) is 0. The van der Waals surface area contributed by atoms with Crippen LogP contribution in [0.1, 0.15) is 5.56 Å². The summed E-state index contributed by atoms with van der Waals surface area (Å²) in [5, 5.41) is 12.9. The second kappa shape index (κ2) is 6.93. The summed E-state index contributed by atoms with van der Waals surface area (Å²) >= 11 is 0. The zero-order chi connectivity index (χ0) is 14.4. The van der Waals surface area contributed by atoms with Gasteiger partial charge in [0.25, 0.3) is 0 Å². The minimum absolute atomic E-state index is 0.107. The van der Waals surface area contributed by atoms with Crippen molar-refractivity contribution >= 4 is 16.7 Å². The number of amidine groups is 1. The Morgan fingerprint density at radius 2 is 2.15 bits per heavy atom. The highest BCUT2D eigenvalue weighted by Crippen LogP contribution is 2.17. The molecule has 1 heterocycles. The minimum atomic E-state index is 0.107. The van der Waals surface area contributed by atoms with Crippen molar-refractivity contribution < 1.29 is 14.7 Å². The quantitative estimate of drug-likeness (QED) is 0.263. The number of nitrogens with two attached hydrogens (primary N) is 1. The first-order chi connectivity index (χ1) is 9.76. The van der Waals surface area contributed by atoms with Gasteiger partial charge < -0.3 is 25.0 Å². The summed E-state index contributed by atoms with van der Waals surface area (Å²) in [5.74, 6) is 0.107. The predicted octanol–water partition coefficient (Wildman–Crippen LogP) is 1.40. The van der Waals surface area contributed by atoms with Crippen molar-refractivity contribution in [2.45, 2.75) is 6.54 Å². The van der Waals surface area contributed by atoms with Gasteiger partial charge in [0.2, 0.25) is 0 Å². The van der Waals surface area contributed by atoms with Gasteiger partial charge in [0.1, 0.15) is 0 Å². The fraction of sp³-hybridized carbons (Fsp3) is 0.357. The standard InChI is InChI=1S/C14H19N3O3/c1-19-8-9-20-7-6-17-5-4-11-2-3-12(10-13(11)17)14(15)16-18/h2-5,10,18H,6-9H2,1H3,(H2,15,16). The zero-order valence-corrected chi connectivity index (χ0v) is 11.5. The highest BCUT2D eigenvalue weighted by Gasteiger charge is 2.05. The third-order valence-corrected chi connectivity index (χ3v) is 3.09. The van der Waals surface area contributed by atoms with E-state index in [1.165, 1.54) is 0 Å². The predicted molar refractivity (Wildman–Crippen MR) is 77.1 cm³/mol. The summed E-state index contributed by atoms with van der Waals surface area (Å²) in [7, 11) is 1.65. The number of hydrogen-bond donors (Lipinski definition) is 2. The second-order valence-corrected chi connectivity index (χ2v) is 4.37. The van der Waals surface area contributed by atoms with E-state index in [1.807, 2.05) is 30.5 Å². The van der Waals surface area contributed by atoms with Crippen molar-refractivity contribution in [1.82, 2.24) is 4.57 Å². The van der Waals surface area contributed by atoms with Gasteiger partial charge in [-0.15, -0.1) is 0 Å². The Hall–Kier alpha value is -2.05.